The minimum Gasteiger partial charge on any atom is -0.324 e. The number of thiophene rings is 1. The van der Waals surface area contributed by atoms with Gasteiger partial charge in [0.1, 0.15) is 0 Å². The Morgan fingerprint density at radius 3 is 2.29 bits per heavy atom. The summed E-state index contributed by atoms with van der Waals surface area (Å²) in [6, 6.07) is 8.96. The maximum absolute atomic E-state index is 5.95. The van der Waals surface area contributed by atoms with Crippen molar-refractivity contribution in [2.45, 2.75) is 33.7 Å². The highest BCUT2D eigenvalue weighted by molar-refractivity contribution is 7.15. The van der Waals surface area contributed by atoms with E-state index in [0.717, 1.165) is 0 Å². The van der Waals surface area contributed by atoms with Gasteiger partial charge in [0.15, 0.2) is 0 Å². The first-order chi connectivity index (χ1) is 7.99. The summed E-state index contributed by atoms with van der Waals surface area (Å²) in [7, 11) is 0. The monoisotopic (exact) mass is 245 g/mol. The summed E-state index contributed by atoms with van der Waals surface area (Å²) in [6.07, 6.45) is 0. The van der Waals surface area contributed by atoms with Crippen LogP contribution >= 0.6 is 11.3 Å². The molecular weight excluding hydrogens is 226 g/mol. The molecule has 0 bridgehead atoms. The van der Waals surface area contributed by atoms with E-state index in [1.807, 2.05) is 18.3 Å². The van der Waals surface area contributed by atoms with Gasteiger partial charge in [0.05, 0.1) is 0 Å². The number of hydrogen-bond acceptors (Lipinski definition) is 2. The number of aryl methyl sites for hydroxylation is 3. The van der Waals surface area contributed by atoms with Gasteiger partial charge >= 0.3 is 0 Å². The Morgan fingerprint density at radius 1 is 1.06 bits per heavy atom. The zero-order valence-electron chi connectivity index (χ0n) is 10.9. The Balaban J connectivity index is 2.52. The standard InChI is InChI=1S/C15H19NS/c1-9-5-6-13(10(2)7-9)15-11(3)8-14(17-15)12(4)16/h5-8,12H,16H2,1-4H3. The molecule has 1 unspecified atom stereocenters. The molecule has 2 N–H and O–H groups in total. The molecule has 90 valence electrons. The molecule has 1 nitrogen and oxygen atoms in total. The Kier molecular flexibility index (Phi) is 3.36. The minimum atomic E-state index is 0.123. The van der Waals surface area contributed by atoms with E-state index < -0.39 is 0 Å². The lowest BCUT2D eigenvalue weighted by Crippen LogP contribution is -2.01. The summed E-state index contributed by atoms with van der Waals surface area (Å²) >= 11 is 1.82. The van der Waals surface area contributed by atoms with E-state index in [2.05, 4.69) is 45.0 Å². The van der Waals surface area contributed by atoms with Gasteiger partial charge in [0.2, 0.25) is 0 Å². The molecule has 0 saturated heterocycles. The van der Waals surface area contributed by atoms with Crippen LogP contribution in [0.25, 0.3) is 10.4 Å². The minimum absolute atomic E-state index is 0.123. The predicted molar refractivity (Wildman–Crippen MR) is 76.6 cm³/mol. The van der Waals surface area contributed by atoms with Crippen LogP contribution in [0.15, 0.2) is 24.3 Å². The third kappa shape index (κ3) is 2.43. The summed E-state index contributed by atoms with van der Waals surface area (Å²) < 4.78 is 0. The second-order valence-electron chi connectivity index (χ2n) is 4.77. The smallest absolute Gasteiger partial charge is 0.0378 e. The first-order valence-electron chi connectivity index (χ1n) is 5.92. The number of benzene rings is 1. The first kappa shape index (κ1) is 12.3. The SMILES string of the molecule is Cc1ccc(-c2sc(C(C)N)cc2C)c(C)c1. The van der Waals surface area contributed by atoms with Gasteiger partial charge in [0.25, 0.3) is 0 Å². The van der Waals surface area contributed by atoms with Crippen LogP contribution < -0.4 is 5.73 Å². The highest BCUT2D eigenvalue weighted by Crippen LogP contribution is 2.36. The van der Waals surface area contributed by atoms with E-state index in [1.165, 1.54) is 32.0 Å². The van der Waals surface area contributed by atoms with Crippen LogP contribution in [0, 0.1) is 20.8 Å². The molecule has 2 heteroatoms. The van der Waals surface area contributed by atoms with Crippen molar-refractivity contribution < 1.29 is 0 Å². The summed E-state index contributed by atoms with van der Waals surface area (Å²) in [6.45, 7) is 8.51. The van der Waals surface area contributed by atoms with Crippen LogP contribution in [0.3, 0.4) is 0 Å². The van der Waals surface area contributed by atoms with E-state index >= 15 is 0 Å². The maximum atomic E-state index is 5.95. The van der Waals surface area contributed by atoms with Gasteiger partial charge in [-0.15, -0.1) is 11.3 Å². The maximum Gasteiger partial charge on any atom is 0.0378 e. The third-order valence-corrected chi connectivity index (χ3v) is 4.48. The molecule has 1 heterocycles. The summed E-state index contributed by atoms with van der Waals surface area (Å²) in [5.74, 6) is 0. The van der Waals surface area contributed by atoms with Gasteiger partial charge in [0, 0.05) is 15.8 Å². The van der Waals surface area contributed by atoms with Crippen LogP contribution in [0.2, 0.25) is 0 Å². The van der Waals surface area contributed by atoms with Crippen molar-refractivity contribution in [2.75, 3.05) is 0 Å². The lowest BCUT2D eigenvalue weighted by atomic mass is 10.0. The van der Waals surface area contributed by atoms with Crippen molar-refractivity contribution in [3.8, 4) is 10.4 Å². The predicted octanol–water partition coefficient (Wildman–Crippen LogP) is 4.36. The molecule has 1 aromatic heterocycles. The third-order valence-electron chi connectivity index (χ3n) is 3.01. The van der Waals surface area contributed by atoms with Crippen molar-refractivity contribution in [2.24, 2.45) is 5.73 Å². The molecule has 17 heavy (non-hydrogen) atoms. The second kappa shape index (κ2) is 4.63. The van der Waals surface area contributed by atoms with Crippen molar-refractivity contribution in [3.63, 3.8) is 0 Å². The fourth-order valence-corrected chi connectivity index (χ4v) is 3.28. The lowest BCUT2D eigenvalue weighted by molar-refractivity contribution is 0.838. The Bertz CT molecular complexity index is 538. The molecular formula is C15H19NS. The van der Waals surface area contributed by atoms with E-state index in [4.69, 9.17) is 5.73 Å². The van der Waals surface area contributed by atoms with Crippen LogP contribution in [-0.4, -0.2) is 0 Å². The average molecular weight is 245 g/mol. The van der Waals surface area contributed by atoms with E-state index in [-0.39, 0.29) is 6.04 Å². The molecule has 0 saturated carbocycles. The highest BCUT2D eigenvalue weighted by Gasteiger charge is 2.11. The fraction of sp³-hybridized carbons (Fsp3) is 0.333. The largest absolute Gasteiger partial charge is 0.324 e. The lowest BCUT2D eigenvalue weighted by Gasteiger charge is -2.06. The summed E-state index contributed by atoms with van der Waals surface area (Å²) in [4.78, 5) is 2.62. The van der Waals surface area contributed by atoms with Gasteiger partial charge < -0.3 is 5.73 Å². The molecule has 0 aliphatic rings. The van der Waals surface area contributed by atoms with E-state index in [1.54, 1.807) is 0 Å². The highest BCUT2D eigenvalue weighted by atomic mass is 32.1. The van der Waals surface area contributed by atoms with Gasteiger partial charge in [-0.05, 0) is 50.5 Å². The summed E-state index contributed by atoms with van der Waals surface area (Å²) in [5, 5.41) is 0. The Labute approximate surface area is 107 Å². The molecule has 0 aliphatic carbocycles. The molecule has 0 spiro atoms. The number of rotatable bonds is 2. The first-order valence-corrected chi connectivity index (χ1v) is 6.74. The van der Waals surface area contributed by atoms with E-state index in [9.17, 15) is 0 Å². The normalized spacial score (nSPS) is 12.8. The topological polar surface area (TPSA) is 26.0 Å². The van der Waals surface area contributed by atoms with Crippen molar-refractivity contribution in [3.05, 3.63) is 45.8 Å². The Hall–Kier alpha value is -1.12. The molecule has 0 aliphatic heterocycles. The molecule has 0 amide bonds. The van der Waals surface area contributed by atoms with E-state index in [0.29, 0.717) is 0 Å². The van der Waals surface area contributed by atoms with Crippen LogP contribution in [0.5, 0.6) is 0 Å². The molecule has 2 aromatic rings. The quantitative estimate of drug-likeness (QED) is 0.836. The summed E-state index contributed by atoms with van der Waals surface area (Å²) in [5.41, 5.74) is 11.3. The van der Waals surface area contributed by atoms with Crippen LogP contribution in [0.1, 0.15) is 34.5 Å². The van der Waals surface area contributed by atoms with Gasteiger partial charge in [-0.1, -0.05) is 23.8 Å². The molecule has 0 radical (unpaired) electrons. The zero-order valence-corrected chi connectivity index (χ0v) is 11.7. The van der Waals surface area contributed by atoms with Crippen molar-refractivity contribution in [1.29, 1.82) is 0 Å². The number of nitrogens with two attached hydrogens (primary N) is 1. The molecule has 2 rings (SSSR count). The second-order valence-corrected chi connectivity index (χ2v) is 5.85. The van der Waals surface area contributed by atoms with Crippen molar-refractivity contribution in [1.82, 2.24) is 0 Å². The molecule has 0 fully saturated rings. The van der Waals surface area contributed by atoms with Gasteiger partial charge in [-0.3, -0.25) is 0 Å². The molecule has 1 aromatic carbocycles. The van der Waals surface area contributed by atoms with Gasteiger partial charge in [-0.25, -0.2) is 0 Å². The Morgan fingerprint density at radius 2 is 1.76 bits per heavy atom. The van der Waals surface area contributed by atoms with Gasteiger partial charge in [-0.2, -0.15) is 0 Å². The van der Waals surface area contributed by atoms with Crippen LogP contribution in [-0.2, 0) is 0 Å². The average Bonchev–Trinajstić information content (AvgIpc) is 2.61. The van der Waals surface area contributed by atoms with Crippen LogP contribution in [0.4, 0.5) is 0 Å². The molecule has 1 atom stereocenters. The fourth-order valence-electron chi connectivity index (χ4n) is 2.07. The zero-order chi connectivity index (χ0) is 12.6. The van der Waals surface area contributed by atoms with Crippen molar-refractivity contribution >= 4 is 11.3 Å². The number of hydrogen-bond donors (Lipinski definition) is 1.